The molecule has 0 unspecified atom stereocenters. The third-order valence-electron chi connectivity index (χ3n) is 1.88. The van der Waals surface area contributed by atoms with Crippen LogP contribution < -0.4 is 4.74 Å². The Balaban J connectivity index is 1.99. The second-order valence-electron chi connectivity index (χ2n) is 3.13. The molecule has 0 fully saturated rings. The molecule has 0 saturated carbocycles. The van der Waals surface area contributed by atoms with Gasteiger partial charge < -0.3 is 4.74 Å². The van der Waals surface area contributed by atoms with Crippen LogP contribution in [0.5, 0.6) is 5.75 Å². The van der Waals surface area contributed by atoms with E-state index in [2.05, 4.69) is 6.92 Å². The van der Waals surface area contributed by atoms with E-state index in [0.29, 0.717) is 0 Å². The summed E-state index contributed by atoms with van der Waals surface area (Å²) in [6, 6.07) is 10.00. The third-order valence-corrected chi connectivity index (χ3v) is 2.91. The summed E-state index contributed by atoms with van der Waals surface area (Å²) in [6.45, 7) is 3.04. The molecule has 0 heterocycles. The third kappa shape index (κ3) is 5.18. The standard InChI is InChI=1S/C12H18OS/c1-2-3-10-14-11-9-13-12-7-5-4-6-8-12/h4-8H,2-3,9-11H2,1H3. The van der Waals surface area contributed by atoms with Crippen LogP contribution in [0.25, 0.3) is 0 Å². The van der Waals surface area contributed by atoms with Crippen molar-refractivity contribution in [3.8, 4) is 5.75 Å². The molecule has 1 aromatic carbocycles. The first-order valence-electron chi connectivity index (χ1n) is 5.19. The molecule has 0 amide bonds. The molecule has 0 radical (unpaired) electrons. The second-order valence-corrected chi connectivity index (χ2v) is 4.35. The monoisotopic (exact) mass is 210 g/mol. The molecule has 0 spiro atoms. The van der Waals surface area contributed by atoms with Gasteiger partial charge >= 0.3 is 0 Å². The molecule has 0 atom stereocenters. The zero-order valence-electron chi connectivity index (χ0n) is 8.74. The largest absolute Gasteiger partial charge is 0.493 e. The number of rotatable bonds is 7. The Hall–Kier alpha value is -0.630. The highest BCUT2D eigenvalue weighted by Gasteiger charge is 1.91. The normalized spacial score (nSPS) is 10.1. The zero-order valence-corrected chi connectivity index (χ0v) is 9.56. The zero-order chi connectivity index (χ0) is 10.1. The van der Waals surface area contributed by atoms with Gasteiger partial charge in [0, 0.05) is 5.75 Å². The van der Waals surface area contributed by atoms with Crippen LogP contribution in [-0.2, 0) is 0 Å². The fourth-order valence-electron chi connectivity index (χ4n) is 1.08. The average molecular weight is 210 g/mol. The fraction of sp³-hybridized carbons (Fsp3) is 0.500. The van der Waals surface area contributed by atoms with Gasteiger partial charge in [-0.3, -0.25) is 0 Å². The average Bonchev–Trinajstić information content (AvgIpc) is 2.25. The Morgan fingerprint density at radius 2 is 1.93 bits per heavy atom. The maximum absolute atomic E-state index is 5.57. The molecule has 0 aromatic heterocycles. The van der Waals surface area contributed by atoms with Gasteiger partial charge in [-0.25, -0.2) is 0 Å². The molecule has 0 aliphatic rings. The molecule has 1 aromatic rings. The molecule has 78 valence electrons. The van der Waals surface area contributed by atoms with Gasteiger partial charge in [0.1, 0.15) is 5.75 Å². The molecule has 0 aliphatic heterocycles. The molecule has 0 bridgehead atoms. The van der Waals surface area contributed by atoms with Crippen molar-refractivity contribution in [1.29, 1.82) is 0 Å². The fourth-order valence-corrected chi connectivity index (χ4v) is 1.98. The number of unbranched alkanes of at least 4 members (excludes halogenated alkanes) is 1. The smallest absolute Gasteiger partial charge is 0.119 e. The van der Waals surface area contributed by atoms with Crippen LogP contribution in [0.4, 0.5) is 0 Å². The number of hydrogen-bond acceptors (Lipinski definition) is 2. The van der Waals surface area contributed by atoms with E-state index < -0.39 is 0 Å². The van der Waals surface area contributed by atoms with Crippen LogP contribution in [0.3, 0.4) is 0 Å². The first kappa shape index (κ1) is 11.4. The van der Waals surface area contributed by atoms with Crippen LogP contribution in [0.2, 0.25) is 0 Å². The summed E-state index contributed by atoms with van der Waals surface area (Å²) in [5.41, 5.74) is 0. The quantitative estimate of drug-likeness (QED) is 0.636. The highest BCUT2D eigenvalue weighted by molar-refractivity contribution is 7.99. The molecule has 0 aliphatic carbocycles. The molecule has 14 heavy (non-hydrogen) atoms. The summed E-state index contributed by atoms with van der Waals surface area (Å²) in [5.74, 6) is 3.33. The minimum atomic E-state index is 0.818. The number of para-hydroxylation sites is 1. The molecular weight excluding hydrogens is 192 g/mol. The van der Waals surface area contributed by atoms with Gasteiger partial charge in [0.05, 0.1) is 6.61 Å². The number of hydrogen-bond donors (Lipinski definition) is 0. The van der Waals surface area contributed by atoms with E-state index in [4.69, 9.17) is 4.74 Å². The van der Waals surface area contributed by atoms with E-state index in [1.54, 1.807) is 0 Å². The van der Waals surface area contributed by atoms with Crippen LogP contribution in [-0.4, -0.2) is 18.1 Å². The van der Waals surface area contributed by atoms with Gasteiger partial charge in [0.25, 0.3) is 0 Å². The Kier molecular flexibility index (Phi) is 6.33. The molecular formula is C12H18OS. The predicted molar refractivity (Wildman–Crippen MR) is 64.2 cm³/mol. The first-order chi connectivity index (χ1) is 6.93. The summed E-state index contributed by atoms with van der Waals surface area (Å²) in [5, 5.41) is 0. The summed E-state index contributed by atoms with van der Waals surface area (Å²) >= 11 is 1.97. The number of ether oxygens (including phenoxy) is 1. The molecule has 0 saturated heterocycles. The molecule has 0 N–H and O–H groups in total. The lowest BCUT2D eigenvalue weighted by Gasteiger charge is -2.04. The van der Waals surface area contributed by atoms with E-state index in [9.17, 15) is 0 Å². The maximum Gasteiger partial charge on any atom is 0.119 e. The van der Waals surface area contributed by atoms with E-state index in [1.807, 2.05) is 42.1 Å². The van der Waals surface area contributed by atoms with Gasteiger partial charge in [0.2, 0.25) is 0 Å². The van der Waals surface area contributed by atoms with E-state index >= 15 is 0 Å². The van der Waals surface area contributed by atoms with Gasteiger partial charge in [0.15, 0.2) is 0 Å². The molecule has 1 rings (SSSR count). The Bertz CT molecular complexity index is 223. The minimum Gasteiger partial charge on any atom is -0.493 e. The summed E-state index contributed by atoms with van der Waals surface area (Å²) in [7, 11) is 0. The van der Waals surface area contributed by atoms with Crippen LogP contribution >= 0.6 is 11.8 Å². The lowest BCUT2D eigenvalue weighted by Crippen LogP contribution is -2.00. The van der Waals surface area contributed by atoms with Crippen molar-refractivity contribution >= 4 is 11.8 Å². The van der Waals surface area contributed by atoms with Crippen molar-refractivity contribution in [2.75, 3.05) is 18.1 Å². The SMILES string of the molecule is CCCCSCCOc1ccccc1. The summed E-state index contributed by atoms with van der Waals surface area (Å²) in [6.07, 6.45) is 2.60. The number of benzene rings is 1. The lowest BCUT2D eigenvalue weighted by molar-refractivity contribution is 0.344. The first-order valence-corrected chi connectivity index (χ1v) is 6.34. The Morgan fingerprint density at radius 1 is 1.14 bits per heavy atom. The van der Waals surface area contributed by atoms with Gasteiger partial charge in [-0.2, -0.15) is 11.8 Å². The van der Waals surface area contributed by atoms with Gasteiger partial charge in [-0.1, -0.05) is 31.5 Å². The van der Waals surface area contributed by atoms with Crippen molar-refractivity contribution in [2.45, 2.75) is 19.8 Å². The molecule has 2 heteroatoms. The van der Waals surface area contributed by atoms with Crippen molar-refractivity contribution in [1.82, 2.24) is 0 Å². The summed E-state index contributed by atoms with van der Waals surface area (Å²) < 4.78 is 5.57. The number of thioether (sulfide) groups is 1. The topological polar surface area (TPSA) is 9.23 Å². The van der Waals surface area contributed by atoms with E-state index in [0.717, 1.165) is 18.1 Å². The lowest BCUT2D eigenvalue weighted by atomic mass is 10.3. The van der Waals surface area contributed by atoms with Gasteiger partial charge in [-0.05, 0) is 24.3 Å². The van der Waals surface area contributed by atoms with E-state index in [-0.39, 0.29) is 0 Å². The van der Waals surface area contributed by atoms with E-state index in [1.165, 1.54) is 18.6 Å². The predicted octanol–water partition coefficient (Wildman–Crippen LogP) is 3.60. The Labute approximate surface area is 90.9 Å². The summed E-state index contributed by atoms with van der Waals surface area (Å²) in [4.78, 5) is 0. The second kappa shape index (κ2) is 7.74. The van der Waals surface area contributed by atoms with Crippen molar-refractivity contribution < 1.29 is 4.74 Å². The van der Waals surface area contributed by atoms with Gasteiger partial charge in [-0.15, -0.1) is 0 Å². The minimum absolute atomic E-state index is 0.818. The van der Waals surface area contributed by atoms with Crippen LogP contribution in [0.1, 0.15) is 19.8 Å². The highest BCUT2D eigenvalue weighted by Crippen LogP contribution is 2.09. The van der Waals surface area contributed by atoms with Crippen molar-refractivity contribution in [3.63, 3.8) is 0 Å². The van der Waals surface area contributed by atoms with Crippen LogP contribution in [0.15, 0.2) is 30.3 Å². The Morgan fingerprint density at radius 3 is 2.64 bits per heavy atom. The van der Waals surface area contributed by atoms with Crippen molar-refractivity contribution in [3.05, 3.63) is 30.3 Å². The van der Waals surface area contributed by atoms with Crippen LogP contribution in [0, 0.1) is 0 Å². The molecule has 1 nitrogen and oxygen atoms in total. The highest BCUT2D eigenvalue weighted by atomic mass is 32.2. The van der Waals surface area contributed by atoms with Crippen molar-refractivity contribution in [2.24, 2.45) is 0 Å². The maximum atomic E-state index is 5.57.